The lowest BCUT2D eigenvalue weighted by molar-refractivity contribution is -0.117. The highest BCUT2D eigenvalue weighted by atomic mass is 16.5. The summed E-state index contributed by atoms with van der Waals surface area (Å²) in [5.74, 6) is 0.0464. The van der Waals surface area contributed by atoms with Gasteiger partial charge in [-0.1, -0.05) is 24.3 Å². The van der Waals surface area contributed by atoms with Gasteiger partial charge in [0.05, 0.1) is 24.6 Å². The molecule has 3 aromatic rings. The van der Waals surface area contributed by atoms with Crippen molar-refractivity contribution >= 4 is 17.5 Å². The molecule has 0 unspecified atom stereocenters. The van der Waals surface area contributed by atoms with Crippen LogP contribution >= 0.6 is 0 Å². The van der Waals surface area contributed by atoms with Crippen LogP contribution in [0.3, 0.4) is 0 Å². The number of nitrogens with one attached hydrogen (secondary N) is 3. The Kier molecular flexibility index (Phi) is 4.12. The monoisotopic (exact) mass is 362 g/mol. The van der Waals surface area contributed by atoms with Crippen molar-refractivity contribution in [2.24, 2.45) is 0 Å². The number of rotatable bonds is 4. The smallest absolute Gasteiger partial charge is 0.256 e. The third-order valence-corrected chi connectivity index (χ3v) is 4.65. The molecule has 7 heteroatoms. The summed E-state index contributed by atoms with van der Waals surface area (Å²) < 4.78 is 5.24. The number of ether oxygens (including phenoxy) is 1. The Balaban J connectivity index is 1.64. The van der Waals surface area contributed by atoms with Gasteiger partial charge in [0.2, 0.25) is 0 Å². The summed E-state index contributed by atoms with van der Waals surface area (Å²) in [4.78, 5) is 25.3. The number of benzene rings is 2. The van der Waals surface area contributed by atoms with Gasteiger partial charge in [0, 0.05) is 16.8 Å². The minimum Gasteiger partial charge on any atom is -0.497 e. The molecule has 1 atom stereocenters. The summed E-state index contributed by atoms with van der Waals surface area (Å²) in [5, 5.41) is 12.5. The SMILES string of the molecule is COc1cccc(-c2[nH]ncc2C(=O)N[C@H]2C(=O)Nc3cccc(C)c32)c1. The fourth-order valence-corrected chi connectivity index (χ4v) is 3.31. The number of methoxy groups -OCH3 is 1. The third kappa shape index (κ3) is 2.93. The number of fused-ring (bicyclic) bond motifs is 1. The molecule has 0 fully saturated rings. The summed E-state index contributed by atoms with van der Waals surface area (Å²) in [6, 6.07) is 12.2. The molecule has 1 aromatic heterocycles. The van der Waals surface area contributed by atoms with Crippen LogP contribution in [0, 0.1) is 6.92 Å². The van der Waals surface area contributed by atoms with E-state index in [4.69, 9.17) is 4.74 Å². The molecule has 4 rings (SSSR count). The fraction of sp³-hybridized carbons (Fsp3) is 0.150. The minimum atomic E-state index is -0.734. The number of H-pyrrole nitrogens is 1. The third-order valence-electron chi connectivity index (χ3n) is 4.65. The van der Waals surface area contributed by atoms with Crippen LogP contribution in [0.5, 0.6) is 5.75 Å². The summed E-state index contributed by atoms with van der Waals surface area (Å²) in [7, 11) is 1.58. The summed E-state index contributed by atoms with van der Waals surface area (Å²) in [6.07, 6.45) is 1.45. The number of aryl methyl sites for hydroxylation is 1. The first-order chi connectivity index (χ1) is 13.1. The van der Waals surface area contributed by atoms with E-state index in [1.54, 1.807) is 7.11 Å². The van der Waals surface area contributed by atoms with E-state index in [0.29, 0.717) is 17.0 Å². The maximum absolute atomic E-state index is 12.9. The highest BCUT2D eigenvalue weighted by Crippen LogP contribution is 2.34. The van der Waals surface area contributed by atoms with E-state index in [9.17, 15) is 9.59 Å². The maximum Gasteiger partial charge on any atom is 0.256 e. The van der Waals surface area contributed by atoms with Crippen LogP contribution in [0.4, 0.5) is 5.69 Å². The largest absolute Gasteiger partial charge is 0.497 e. The van der Waals surface area contributed by atoms with Crippen molar-refractivity contribution in [2.45, 2.75) is 13.0 Å². The van der Waals surface area contributed by atoms with Crippen molar-refractivity contribution in [1.29, 1.82) is 0 Å². The summed E-state index contributed by atoms with van der Waals surface area (Å²) in [6.45, 7) is 1.91. The zero-order chi connectivity index (χ0) is 19.0. The fourth-order valence-electron chi connectivity index (χ4n) is 3.31. The molecule has 2 amide bonds. The lowest BCUT2D eigenvalue weighted by Crippen LogP contribution is -2.33. The lowest BCUT2D eigenvalue weighted by atomic mass is 10.0. The van der Waals surface area contributed by atoms with Crippen LogP contribution in [0.15, 0.2) is 48.7 Å². The van der Waals surface area contributed by atoms with Gasteiger partial charge in [0.1, 0.15) is 11.8 Å². The van der Waals surface area contributed by atoms with Crippen molar-refractivity contribution in [3.63, 3.8) is 0 Å². The molecule has 27 heavy (non-hydrogen) atoms. The van der Waals surface area contributed by atoms with Crippen LogP contribution in [0.2, 0.25) is 0 Å². The normalized spacial score (nSPS) is 15.2. The molecular weight excluding hydrogens is 344 g/mol. The Hall–Kier alpha value is -3.61. The van der Waals surface area contributed by atoms with E-state index in [1.165, 1.54) is 6.20 Å². The average molecular weight is 362 g/mol. The number of hydrogen-bond donors (Lipinski definition) is 3. The van der Waals surface area contributed by atoms with Gasteiger partial charge in [-0.25, -0.2) is 0 Å². The van der Waals surface area contributed by atoms with Crippen LogP contribution < -0.4 is 15.4 Å². The molecule has 0 saturated heterocycles. The lowest BCUT2D eigenvalue weighted by Gasteiger charge is -2.13. The van der Waals surface area contributed by atoms with Gasteiger partial charge in [-0.05, 0) is 30.7 Å². The predicted molar refractivity (Wildman–Crippen MR) is 101 cm³/mol. The molecule has 0 saturated carbocycles. The Morgan fingerprint density at radius 3 is 2.85 bits per heavy atom. The molecule has 1 aliphatic rings. The molecule has 3 N–H and O–H groups in total. The molecule has 0 bridgehead atoms. The summed E-state index contributed by atoms with van der Waals surface area (Å²) >= 11 is 0. The van der Waals surface area contributed by atoms with Crippen LogP contribution in [0.1, 0.15) is 27.5 Å². The van der Waals surface area contributed by atoms with Gasteiger partial charge in [0.15, 0.2) is 0 Å². The number of aromatic nitrogens is 2. The first-order valence-corrected chi connectivity index (χ1v) is 8.47. The van der Waals surface area contributed by atoms with E-state index < -0.39 is 6.04 Å². The Morgan fingerprint density at radius 2 is 2.04 bits per heavy atom. The number of carbonyl (C=O) groups is 2. The van der Waals surface area contributed by atoms with E-state index in [2.05, 4.69) is 20.8 Å². The molecule has 0 aliphatic carbocycles. The molecular formula is C20H18N4O3. The van der Waals surface area contributed by atoms with Gasteiger partial charge in [0.25, 0.3) is 11.8 Å². The highest BCUT2D eigenvalue weighted by Gasteiger charge is 2.33. The number of anilines is 1. The maximum atomic E-state index is 12.9. The molecule has 0 radical (unpaired) electrons. The molecule has 0 spiro atoms. The second-order valence-corrected chi connectivity index (χ2v) is 6.32. The number of carbonyl (C=O) groups excluding carboxylic acids is 2. The van der Waals surface area contributed by atoms with Crippen molar-refractivity contribution < 1.29 is 14.3 Å². The van der Waals surface area contributed by atoms with Gasteiger partial charge in [-0.15, -0.1) is 0 Å². The van der Waals surface area contributed by atoms with Crippen molar-refractivity contribution in [3.05, 3.63) is 65.4 Å². The van der Waals surface area contributed by atoms with Gasteiger partial charge in [-0.2, -0.15) is 5.10 Å². The molecule has 2 heterocycles. The minimum absolute atomic E-state index is 0.251. The zero-order valence-electron chi connectivity index (χ0n) is 14.9. The summed E-state index contributed by atoms with van der Waals surface area (Å²) in [5.41, 5.74) is 4.15. The van der Waals surface area contributed by atoms with E-state index >= 15 is 0 Å². The highest BCUT2D eigenvalue weighted by molar-refractivity contribution is 6.08. The Morgan fingerprint density at radius 1 is 1.22 bits per heavy atom. The molecule has 7 nitrogen and oxygen atoms in total. The van der Waals surface area contributed by atoms with E-state index in [-0.39, 0.29) is 11.8 Å². The number of hydrogen-bond acceptors (Lipinski definition) is 4. The quantitative estimate of drug-likeness (QED) is 0.665. The topological polar surface area (TPSA) is 96.1 Å². The van der Waals surface area contributed by atoms with Gasteiger partial charge >= 0.3 is 0 Å². The Labute approximate surface area is 155 Å². The van der Waals surface area contributed by atoms with Crippen LogP contribution in [-0.2, 0) is 4.79 Å². The average Bonchev–Trinajstić information content (AvgIpc) is 3.28. The molecule has 1 aliphatic heterocycles. The number of aromatic amines is 1. The standard InChI is InChI=1S/C20H18N4O3/c1-11-5-3-8-15-16(11)18(20(26)22-15)23-19(25)14-10-21-24-17(14)12-6-4-7-13(9-12)27-2/h3-10,18H,1-2H3,(H,21,24)(H,22,26)(H,23,25)/t18-/m1/s1. The first-order valence-electron chi connectivity index (χ1n) is 8.47. The second-order valence-electron chi connectivity index (χ2n) is 6.32. The van der Waals surface area contributed by atoms with Crippen molar-refractivity contribution in [2.75, 3.05) is 12.4 Å². The zero-order valence-corrected chi connectivity index (χ0v) is 14.9. The number of amides is 2. The molecule has 136 valence electrons. The number of nitrogens with zero attached hydrogens (tertiary/aromatic N) is 1. The Bertz CT molecular complexity index is 1040. The predicted octanol–water partition coefficient (Wildman–Crippen LogP) is 2.82. The second kappa shape index (κ2) is 6.60. The van der Waals surface area contributed by atoms with E-state index in [0.717, 1.165) is 22.4 Å². The van der Waals surface area contributed by atoms with Gasteiger partial charge in [-0.3, -0.25) is 14.7 Å². The first kappa shape index (κ1) is 16.8. The molecule has 2 aromatic carbocycles. The van der Waals surface area contributed by atoms with Crippen LogP contribution in [0.25, 0.3) is 11.3 Å². The van der Waals surface area contributed by atoms with Crippen molar-refractivity contribution in [3.8, 4) is 17.0 Å². The van der Waals surface area contributed by atoms with E-state index in [1.807, 2.05) is 49.4 Å². The van der Waals surface area contributed by atoms with Gasteiger partial charge < -0.3 is 15.4 Å². The van der Waals surface area contributed by atoms with Crippen molar-refractivity contribution in [1.82, 2.24) is 15.5 Å². The van der Waals surface area contributed by atoms with Crippen LogP contribution in [-0.4, -0.2) is 29.1 Å².